The first-order valence-corrected chi connectivity index (χ1v) is 10.6. The van der Waals surface area contributed by atoms with E-state index in [4.69, 9.17) is 4.42 Å². The van der Waals surface area contributed by atoms with Crippen molar-refractivity contribution in [2.45, 2.75) is 30.5 Å². The van der Waals surface area contributed by atoms with Crippen molar-refractivity contribution in [1.82, 2.24) is 4.90 Å². The molecule has 146 valence electrons. The molecule has 1 amide bonds. The van der Waals surface area contributed by atoms with Crippen molar-refractivity contribution in [1.29, 1.82) is 0 Å². The summed E-state index contributed by atoms with van der Waals surface area (Å²) in [5.74, 6) is 0.442. The van der Waals surface area contributed by atoms with Crippen molar-refractivity contribution in [3.63, 3.8) is 0 Å². The van der Waals surface area contributed by atoms with Gasteiger partial charge in [0, 0.05) is 12.6 Å². The number of aryl methyl sites for hydroxylation is 1. The second-order valence-corrected chi connectivity index (χ2v) is 8.87. The molecule has 0 fully saturated rings. The normalized spacial score (nSPS) is 12.5. The zero-order chi connectivity index (χ0) is 20.3. The van der Waals surface area contributed by atoms with Crippen LogP contribution in [0.25, 0.3) is 0 Å². The molecule has 0 aliphatic carbocycles. The molecule has 0 N–H and O–H groups in total. The van der Waals surface area contributed by atoms with Gasteiger partial charge in [-0.05, 0) is 55.8 Å². The molecule has 1 heterocycles. The second-order valence-electron chi connectivity index (χ2n) is 6.88. The SMILES string of the molecule is Cc1ccc(S(=O)(=O)Cc2ccc(C(=O)N(C)C(C)c3ccco3)cc2)cc1. The second kappa shape index (κ2) is 8.02. The van der Waals surface area contributed by atoms with Gasteiger partial charge in [-0.1, -0.05) is 29.8 Å². The number of sulfone groups is 1. The predicted molar refractivity (Wildman–Crippen MR) is 108 cm³/mol. The Balaban J connectivity index is 1.72. The molecule has 3 aromatic rings. The highest BCUT2D eigenvalue weighted by Gasteiger charge is 2.21. The molecule has 1 atom stereocenters. The van der Waals surface area contributed by atoms with Gasteiger partial charge in [-0.3, -0.25) is 4.79 Å². The third-order valence-electron chi connectivity index (χ3n) is 4.79. The fourth-order valence-electron chi connectivity index (χ4n) is 2.89. The summed E-state index contributed by atoms with van der Waals surface area (Å²) in [4.78, 5) is 14.6. The number of benzene rings is 2. The van der Waals surface area contributed by atoms with Crippen LogP contribution in [0.5, 0.6) is 0 Å². The van der Waals surface area contributed by atoms with E-state index in [2.05, 4.69) is 0 Å². The molecule has 28 heavy (non-hydrogen) atoms. The highest BCUT2D eigenvalue weighted by molar-refractivity contribution is 7.90. The van der Waals surface area contributed by atoms with Crippen LogP contribution >= 0.6 is 0 Å². The largest absolute Gasteiger partial charge is 0.467 e. The number of hydrogen-bond acceptors (Lipinski definition) is 4. The summed E-state index contributed by atoms with van der Waals surface area (Å²) >= 11 is 0. The van der Waals surface area contributed by atoms with Crippen LogP contribution in [0.4, 0.5) is 0 Å². The van der Waals surface area contributed by atoms with Gasteiger partial charge in [-0.25, -0.2) is 8.42 Å². The summed E-state index contributed by atoms with van der Waals surface area (Å²) in [5.41, 5.74) is 2.14. The molecule has 1 aromatic heterocycles. The van der Waals surface area contributed by atoms with E-state index in [-0.39, 0.29) is 17.7 Å². The Labute approximate surface area is 165 Å². The molecule has 5 nitrogen and oxygen atoms in total. The number of nitrogens with zero attached hydrogens (tertiary/aromatic N) is 1. The monoisotopic (exact) mass is 397 g/mol. The van der Waals surface area contributed by atoms with E-state index in [1.54, 1.807) is 72.8 Å². The zero-order valence-electron chi connectivity index (χ0n) is 16.1. The summed E-state index contributed by atoms with van der Waals surface area (Å²) < 4.78 is 30.5. The minimum Gasteiger partial charge on any atom is -0.467 e. The predicted octanol–water partition coefficient (Wildman–Crippen LogP) is 4.40. The summed E-state index contributed by atoms with van der Waals surface area (Å²) in [7, 11) is -1.72. The summed E-state index contributed by atoms with van der Waals surface area (Å²) in [5, 5.41) is 0. The van der Waals surface area contributed by atoms with Crippen molar-refractivity contribution < 1.29 is 17.6 Å². The van der Waals surface area contributed by atoms with Crippen LogP contribution in [-0.2, 0) is 15.6 Å². The van der Waals surface area contributed by atoms with Gasteiger partial charge in [0.2, 0.25) is 0 Å². The van der Waals surface area contributed by atoms with Crippen molar-refractivity contribution in [2.24, 2.45) is 0 Å². The van der Waals surface area contributed by atoms with Crippen LogP contribution in [0, 0.1) is 6.92 Å². The Morgan fingerprint density at radius 2 is 1.68 bits per heavy atom. The Hall–Kier alpha value is -2.86. The van der Waals surface area contributed by atoms with Crippen molar-refractivity contribution in [3.05, 3.63) is 89.4 Å². The van der Waals surface area contributed by atoms with E-state index in [9.17, 15) is 13.2 Å². The Kier molecular flexibility index (Phi) is 5.70. The molecule has 0 spiro atoms. The first-order valence-electron chi connectivity index (χ1n) is 8.97. The standard InChI is InChI=1S/C22H23NO4S/c1-16-6-12-20(13-7-16)28(25,26)15-18-8-10-19(11-9-18)22(24)23(3)17(2)21-5-4-14-27-21/h4-14,17H,15H2,1-3H3. The van der Waals surface area contributed by atoms with Crippen LogP contribution in [0.15, 0.2) is 76.2 Å². The molecular weight excluding hydrogens is 374 g/mol. The molecule has 1 unspecified atom stereocenters. The summed E-state index contributed by atoms with van der Waals surface area (Å²) in [6.45, 7) is 3.80. The van der Waals surface area contributed by atoms with E-state index >= 15 is 0 Å². The topological polar surface area (TPSA) is 67.6 Å². The molecule has 0 bridgehead atoms. The van der Waals surface area contributed by atoms with Crippen LogP contribution < -0.4 is 0 Å². The molecule has 2 aromatic carbocycles. The van der Waals surface area contributed by atoms with Gasteiger partial charge >= 0.3 is 0 Å². The maximum absolute atomic E-state index is 12.7. The first-order chi connectivity index (χ1) is 13.3. The molecule has 0 saturated heterocycles. The Morgan fingerprint density at radius 3 is 2.25 bits per heavy atom. The van der Waals surface area contributed by atoms with Crippen LogP contribution in [0.2, 0.25) is 0 Å². The maximum Gasteiger partial charge on any atom is 0.254 e. The zero-order valence-corrected chi connectivity index (χ0v) is 16.9. The van der Waals surface area contributed by atoms with Gasteiger partial charge in [-0.15, -0.1) is 0 Å². The molecule has 0 aliphatic heterocycles. The molecule has 0 saturated carbocycles. The molecule has 6 heteroatoms. The number of furan rings is 1. The fraction of sp³-hybridized carbons (Fsp3) is 0.227. The number of carbonyl (C=O) groups is 1. The van der Waals surface area contributed by atoms with Crippen molar-refractivity contribution in [3.8, 4) is 0 Å². The molecular formula is C22H23NO4S. The van der Waals surface area contributed by atoms with Gasteiger partial charge in [0.25, 0.3) is 5.91 Å². The lowest BCUT2D eigenvalue weighted by atomic mass is 10.1. The number of rotatable bonds is 6. The van der Waals surface area contributed by atoms with Gasteiger partial charge < -0.3 is 9.32 Å². The Morgan fingerprint density at radius 1 is 1.04 bits per heavy atom. The number of amides is 1. The maximum atomic E-state index is 12.7. The minimum absolute atomic E-state index is 0.108. The first kappa shape index (κ1) is 19.9. The third kappa shape index (κ3) is 4.34. The lowest BCUT2D eigenvalue weighted by Crippen LogP contribution is -2.29. The highest BCUT2D eigenvalue weighted by Crippen LogP contribution is 2.22. The van der Waals surface area contributed by atoms with E-state index in [1.165, 1.54) is 0 Å². The Bertz CT molecular complexity index is 1040. The smallest absolute Gasteiger partial charge is 0.254 e. The van der Waals surface area contributed by atoms with Crippen LogP contribution in [0.1, 0.15) is 40.2 Å². The van der Waals surface area contributed by atoms with Crippen LogP contribution in [0.3, 0.4) is 0 Å². The quantitative estimate of drug-likeness (QED) is 0.618. The molecule has 0 aliphatic rings. The van der Waals surface area contributed by atoms with Gasteiger partial charge in [0.05, 0.1) is 23.0 Å². The third-order valence-corrected chi connectivity index (χ3v) is 6.50. The van der Waals surface area contributed by atoms with E-state index in [0.29, 0.717) is 21.8 Å². The highest BCUT2D eigenvalue weighted by atomic mass is 32.2. The van der Waals surface area contributed by atoms with Crippen LogP contribution in [-0.4, -0.2) is 26.3 Å². The van der Waals surface area contributed by atoms with Crippen molar-refractivity contribution >= 4 is 15.7 Å². The average Bonchev–Trinajstić information content (AvgIpc) is 3.21. The number of hydrogen-bond donors (Lipinski definition) is 0. The minimum atomic E-state index is -3.43. The van der Waals surface area contributed by atoms with Gasteiger partial charge in [-0.2, -0.15) is 0 Å². The fourth-order valence-corrected chi connectivity index (χ4v) is 4.24. The van der Waals surface area contributed by atoms with E-state index in [1.807, 2.05) is 19.9 Å². The van der Waals surface area contributed by atoms with E-state index < -0.39 is 9.84 Å². The van der Waals surface area contributed by atoms with Crippen molar-refractivity contribution in [2.75, 3.05) is 7.05 Å². The van der Waals surface area contributed by atoms with E-state index in [0.717, 1.165) is 5.56 Å². The van der Waals surface area contributed by atoms with Gasteiger partial charge in [0.15, 0.2) is 9.84 Å². The number of carbonyl (C=O) groups excluding carboxylic acids is 1. The lowest BCUT2D eigenvalue weighted by Gasteiger charge is -2.23. The summed E-state index contributed by atoms with van der Waals surface area (Å²) in [6.07, 6.45) is 1.58. The molecule has 3 rings (SSSR count). The average molecular weight is 397 g/mol. The molecule has 0 radical (unpaired) electrons. The van der Waals surface area contributed by atoms with Gasteiger partial charge in [0.1, 0.15) is 5.76 Å². The lowest BCUT2D eigenvalue weighted by molar-refractivity contribution is 0.0726. The summed E-state index contributed by atoms with van der Waals surface area (Å²) in [6, 6.07) is 16.9.